The zero-order valence-electron chi connectivity index (χ0n) is 16.3. The topological polar surface area (TPSA) is 75.7 Å². The van der Waals surface area contributed by atoms with Gasteiger partial charge in [-0.2, -0.15) is 0 Å². The lowest BCUT2D eigenvalue weighted by Gasteiger charge is -2.22. The van der Waals surface area contributed by atoms with Gasteiger partial charge in [0.25, 0.3) is 0 Å². The van der Waals surface area contributed by atoms with Gasteiger partial charge in [-0.1, -0.05) is 29.3 Å². The summed E-state index contributed by atoms with van der Waals surface area (Å²) < 4.78 is 30.9. The molecule has 158 valence electrons. The van der Waals surface area contributed by atoms with Crippen LogP contribution >= 0.6 is 23.2 Å². The van der Waals surface area contributed by atoms with Crippen LogP contribution < -0.4 is 14.4 Å². The fourth-order valence-electron chi connectivity index (χ4n) is 2.59. The molecule has 0 atom stereocenters. The van der Waals surface area contributed by atoms with Gasteiger partial charge in [0.2, 0.25) is 15.9 Å². The largest absolute Gasteiger partial charge is 0.492 e. The van der Waals surface area contributed by atoms with Crippen LogP contribution in [0, 0.1) is 6.92 Å². The fourth-order valence-corrected chi connectivity index (χ4v) is 3.85. The number of nitrogens with zero attached hydrogens (tertiary/aromatic N) is 1. The van der Waals surface area contributed by atoms with Crippen LogP contribution in [0.3, 0.4) is 0 Å². The average Bonchev–Trinajstić information content (AvgIpc) is 2.65. The molecule has 0 aliphatic heterocycles. The molecule has 0 unspecified atom stereocenters. The van der Waals surface area contributed by atoms with Crippen molar-refractivity contribution in [2.75, 3.05) is 30.3 Å². The summed E-state index contributed by atoms with van der Waals surface area (Å²) >= 11 is 11.9. The van der Waals surface area contributed by atoms with Crippen molar-refractivity contribution in [1.29, 1.82) is 0 Å². The monoisotopic (exact) mass is 458 g/mol. The molecule has 0 saturated heterocycles. The second kappa shape index (κ2) is 10.7. The smallest absolute Gasteiger partial charge is 0.232 e. The van der Waals surface area contributed by atoms with Gasteiger partial charge >= 0.3 is 0 Å². The fraction of sp³-hybridized carbons (Fsp3) is 0.350. The summed E-state index contributed by atoms with van der Waals surface area (Å²) in [4.78, 5) is 12.0. The number of halogens is 2. The Labute approximate surface area is 181 Å². The number of hydrogen-bond donors (Lipinski definition) is 1. The number of hydrogen-bond acceptors (Lipinski definition) is 4. The summed E-state index contributed by atoms with van der Waals surface area (Å²) in [7, 11) is -3.46. The molecule has 1 N–H and O–H groups in total. The van der Waals surface area contributed by atoms with Gasteiger partial charge in [-0.15, -0.1) is 0 Å². The van der Waals surface area contributed by atoms with E-state index in [1.165, 1.54) is 4.31 Å². The van der Waals surface area contributed by atoms with Crippen LogP contribution in [0.15, 0.2) is 42.5 Å². The molecular formula is C20H24Cl2N2O4S. The van der Waals surface area contributed by atoms with Crippen molar-refractivity contribution in [3.63, 3.8) is 0 Å². The van der Waals surface area contributed by atoms with Crippen molar-refractivity contribution >= 4 is 44.8 Å². The van der Waals surface area contributed by atoms with E-state index in [4.69, 9.17) is 27.9 Å². The molecule has 0 fully saturated rings. The zero-order valence-corrected chi connectivity index (χ0v) is 18.6. The Bertz CT molecular complexity index is 934. The van der Waals surface area contributed by atoms with Crippen LogP contribution in [-0.2, 0) is 14.8 Å². The second-order valence-corrected chi connectivity index (χ2v) is 9.27. The first-order chi connectivity index (χ1) is 13.7. The number of benzene rings is 2. The predicted molar refractivity (Wildman–Crippen MR) is 118 cm³/mol. The summed E-state index contributed by atoms with van der Waals surface area (Å²) in [5, 5.41) is 3.91. The Morgan fingerprint density at radius 2 is 1.83 bits per heavy atom. The van der Waals surface area contributed by atoms with Crippen molar-refractivity contribution < 1.29 is 17.9 Å². The summed E-state index contributed by atoms with van der Waals surface area (Å²) in [6, 6.07) is 11.9. The number of anilines is 1. The number of aryl methyl sites for hydroxylation is 1. The standard InChI is InChI=1S/C20H24Cl2N2O4S/c1-15-5-10-18(14-19(15)22)28-13-11-23-20(25)4-3-12-24(29(2,26)27)17-8-6-16(21)7-9-17/h5-10,14H,3-4,11-13H2,1-2H3,(H,23,25). The third kappa shape index (κ3) is 7.76. The van der Waals surface area contributed by atoms with Gasteiger partial charge in [-0.3, -0.25) is 9.10 Å². The van der Waals surface area contributed by atoms with E-state index in [2.05, 4.69) is 5.32 Å². The van der Waals surface area contributed by atoms with Crippen LogP contribution in [0.5, 0.6) is 5.75 Å². The molecule has 0 aliphatic rings. The minimum Gasteiger partial charge on any atom is -0.492 e. The van der Waals surface area contributed by atoms with Gasteiger partial charge in [-0.25, -0.2) is 8.42 Å². The van der Waals surface area contributed by atoms with Gasteiger partial charge in [0.15, 0.2) is 0 Å². The van der Waals surface area contributed by atoms with Crippen LogP contribution in [0.4, 0.5) is 5.69 Å². The molecular weight excluding hydrogens is 435 g/mol. The minimum absolute atomic E-state index is 0.167. The number of rotatable bonds is 10. The zero-order chi connectivity index (χ0) is 21.4. The third-order valence-electron chi connectivity index (χ3n) is 4.12. The molecule has 0 bridgehead atoms. The molecule has 29 heavy (non-hydrogen) atoms. The van der Waals surface area contributed by atoms with Crippen molar-refractivity contribution in [2.24, 2.45) is 0 Å². The van der Waals surface area contributed by atoms with Gasteiger partial charge in [0.1, 0.15) is 12.4 Å². The van der Waals surface area contributed by atoms with Crippen LogP contribution in [0.1, 0.15) is 18.4 Å². The maximum Gasteiger partial charge on any atom is 0.232 e. The molecule has 0 heterocycles. The van der Waals surface area contributed by atoms with Gasteiger partial charge < -0.3 is 10.1 Å². The molecule has 9 heteroatoms. The van der Waals surface area contributed by atoms with Crippen molar-refractivity contribution in [3.8, 4) is 5.75 Å². The summed E-state index contributed by atoms with van der Waals surface area (Å²) in [5.41, 5.74) is 1.48. The maximum atomic E-state index is 12.0. The highest BCUT2D eigenvalue weighted by Gasteiger charge is 2.17. The van der Waals surface area contributed by atoms with E-state index in [1.54, 1.807) is 30.3 Å². The Morgan fingerprint density at radius 1 is 1.14 bits per heavy atom. The van der Waals surface area contributed by atoms with Crippen LogP contribution in [0.2, 0.25) is 10.0 Å². The molecule has 0 saturated carbocycles. The Morgan fingerprint density at radius 3 is 2.45 bits per heavy atom. The average molecular weight is 459 g/mol. The number of ether oxygens (including phenoxy) is 1. The van der Waals surface area contributed by atoms with E-state index < -0.39 is 10.0 Å². The van der Waals surface area contributed by atoms with E-state index in [0.29, 0.717) is 41.1 Å². The van der Waals surface area contributed by atoms with Gasteiger partial charge in [-0.05, 0) is 55.3 Å². The lowest BCUT2D eigenvalue weighted by molar-refractivity contribution is -0.121. The first kappa shape index (κ1) is 23.3. The van der Waals surface area contributed by atoms with Crippen molar-refractivity contribution in [1.82, 2.24) is 5.32 Å². The number of carbonyl (C=O) groups is 1. The first-order valence-electron chi connectivity index (χ1n) is 9.06. The van der Waals surface area contributed by atoms with Crippen LogP contribution in [-0.4, -0.2) is 40.3 Å². The number of carbonyl (C=O) groups excluding carboxylic acids is 1. The Kier molecular flexibility index (Phi) is 8.61. The first-order valence-corrected chi connectivity index (χ1v) is 11.7. The molecule has 2 aromatic carbocycles. The number of nitrogens with one attached hydrogen (secondary N) is 1. The lowest BCUT2D eigenvalue weighted by atomic mass is 10.2. The normalized spacial score (nSPS) is 11.2. The molecule has 0 aliphatic carbocycles. The van der Waals surface area contributed by atoms with Gasteiger partial charge in [0.05, 0.1) is 18.5 Å². The van der Waals surface area contributed by atoms with Gasteiger partial charge in [0, 0.05) is 23.0 Å². The minimum atomic E-state index is -3.46. The maximum absolute atomic E-state index is 12.0. The van der Waals surface area contributed by atoms with Crippen molar-refractivity contribution in [2.45, 2.75) is 19.8 Å². The molecule has 2 rings (SSSR count). The van der Waals surface area contributed by atoms with Crippen molar-refractivity contribution in [3.05, 3.63) is 58.1 Å². The highest BCUT2D eigenvalue weighted by molar-refractivity contribution is 7.92. The van der Waals surface area contributed by atoms with E-state index in [9.17, 15) is 13.2 Å². The Hall–Kier alpha value is -1.96. The molecule has 2 aromatic rings. The van der Waals surface area contributed by atoms with E-state index in [0.717, 1.165) is 11.8 Å². The third-order valence-corrected chi connectivity index (χ3v) is 5.97. The Balaban J connectivity index is 1.74. The summed E-state index contributed by atoms with van der Waals surface area (Å²) in [5.74, 6) is 0.474. The van der Waals surface area contributed by atoms with Crippen LogP contribution in [0.25, 0.3) is 0 Å². The lowest BCUT2D eigenvalue weighted by Crippen LogP contribution is -2.32. The number of amides is 1. The second-order valence-electron chi connectivity index (χ2n) is 6.52. The molecule has 0 aromatic heterocycles. The quantitative estimate of drug-likeness (QED) is 0.544. The summed E-state index contributed by atoms with van der Waals surface area (Å²) in [6.45, 7) is 2.76. The predicted octanol–water partition coefficient (Wildman–Crippen LogP) is 4.04. The summed E-state index contributed by atoms with van der Waals surface area (Å²) in [6.07, 6.45) is 1.72. The molecule has 6 nitrogen and oxygen atoms in total. The molecule has 0 spiro atoms. The van der Waals surface area contributed by atoms with E-state index in [-0.39, 0.29) is 18.9 Å². The number of sulfonamides is 1. The van der Waals surface area contributed by atoms with E-state index in [1.807, 2.05) is 19.1 Å². The SMILES string of the molecule is Cc1ccc(OCCNC(=O)CCCN(c2ccc(Cl)cc2)S(C)(=O)=O)cc1Cl. The van der Waals surface area contributed by atoms with E-state index >= 15 is 0 Å². The molecule has 1 amide bonds. The highest BCUT2D eigenvalue weighted by Crippen LogP contribution is 2.22. The molecule has 0 radical (unpaired) electrons. The highest BCUT2D eigenvalue weighted by atomic mass is 35.5.